The molecular formula is C13H20N2O6S. The van der Waals surface area contributed by atoms with Crippen molar-refractivity contribution in [3.63, 3.8) is 0 Å². The number of furan rings is 1. The molecule has 1 rings (SSSR count). The molecule has 1 aromatic heterocycles. The lowest BCUT2D eigenvalue weighted by Gasteiger charge is -2.11. The van der Waals surface area contributed by atoms with E-state index in [1.807, 2.05) is 6.92 Å². The van der Waals surface area contributed by atoms with E-state index < -0.39 is 27.8 Å². The molecule has 0 radical (unpaired) electrons. The second-order valence-electron chi connectivity index (χ2n) is 4.98. The van der Waals surface area contributed by atoms with Crippen molar-refractivity contribution >= 4 is 21.9 Å². The number of nitrogens with zero attached hydrogens (tertiary/aromatic N) is 1. The number of amides is 1. The Labute approximate surface area is 129 Å². The molecule has 1 heterocycles. The molecule has 0 saturated carbocycles. The van der Waals surface area contributed by atoms with E-state index in [0.29, 0.717) is 12.8 Å². The Balaban J connectivity index is 2.76. The number of carbonyl (C=O) groups excluding carboxylic acids is 1. The summed E-state index contributed by atoms with van der Waals surface area (Å²) in [4.78, 5) is 22.9. The Morgan fingerprint density at radius 2 is 2.05 bits per heavy atom. The fourth-order valence-electron chi connectivity index (χ4n) is 1.73. The predicted molar refractivity (Wildman–Crippen MR) is 77.9 cm³/mol. The number of hydrogen-bond donors (Lipinski definition) is 2. The van der Waals surface area contributed by atoms with Gasteiger partial charge in [0.05, 0.1) is 11.5 Å². The second kappa shape index (κ2) is 7.41. The Kier molecular flexibility index (Phi) is 6.12. The minimum Gasteiger partial charge on any atom is -0.481 e. The summed E-state index contributed by atoms with van der Waals surface area (Å²) in [5.41, 5.74) is 0.0288. The third-order valence-electron chi connectivity index (χ3n) is 3.07. The first-order chi connectivity index (χ1) is 10.2. The van der Waals surface area contributed by atoms with Crippen LogP contribution < -0.4 is 5.32 Å². The molecule has 8 nitrogen and oxygen atoms in total. The van der Waals surface area contributed by atoms with Gasteiger partial charge in [0.1, 0.15) is 6.26 Å². The number of hydrogen-bond acceptors (Lipinski definition) is 5. The highest BCUT2D eigenvalue weighted by molar-refractivity contribution is 7.88. The minimum absolute atomic E-state index is 0.0249. The number of nitrogens with one attached hydrogen (secondary N) is 1. The van der Waals surface area contributed by atoms with Gasteiger partial charge in [-0.2, -0.15) is 0 Å². The zero-order valence-electron chi connectivity index (χ0n) is 12.7. The molecule has 0 aliphatic heterocycles. The number of rotatable bonds is 8. The highest BCUT2D eigenvalue weighted by atomic mass is 32.2. The summed E-state index contributed by atoms with van der Waals surface area (Å²) in [6.45, 7) is 1.83. The van der Waals surface area contributed by atoms with Crippen molar-refractivity contribution in [2.24, 2.45) is 5.92 Å². The van der Waals surface area contributed by atoms with Gasteiger partial charge >= 0.3 is 5.97 Å². The van der Waals surface area contributed by atoms with Gasteiger partial charge in [-0.05, 0) is 6.42 Å². The van der Waals surface area contributed by atoms with E-state index in [9.17, 15) is 18.0 Å². The first-order valence-electron chi connectivity index (χ1n) is 6.72. The van der Waals surface area contributed by atoms with Crippen LogP contribution in [0.4, 0.5) is 0 Å². The Hall–Kier alpha value is -1.87. The molecule has 124 valence electrons. The van der Waals surface area contributed by atoms with E-state index in [1.54, 1.807) is 0 Å². The summed E-state index contributed by atoms with van der Waals surface area (Å²) >= 11 is 0. The van der Waals surface area contributed by atoms with Gasteiger partial charge in [-0.1, -0.05) is 13.3 Å². The summed E-state index contributed by atoms with van der Waals surface area (Å²) in [5, 5.41) is 11.1. The molecule has 0 aliphatic carbocycles. The van der Waals surface area contributed by atoms with E-state index in [4.69, 9.17) is 9.52 Å². The standard InChI is InChI=1S/C13H20N2O6S/c1-4-5-9(13(17)18)7-14-12(16)10-6-11(21-8-10)22(19,20)15(2)3/h6,8-9H,4-5,7H2,1-3H3,(H,14,16)(H,17,18). The van der Waals surface area contributed by atoms with Crippen molar-refractivity contribution in [1.29, 1.82) is 0 Å². The van der Waals surface area contributed by atoms with Crippen LogP contribution in [0.5, 0.6) is 0 Å². The largest absolute Gasteiger partial charge is 0.481 e. The molecule has 2 N–H and O–H groups in total. The molecule has 0 saturated heterocycles. The third kappa shape index (κ3) is 4.31. The molecule has 1 unspecified atom stereocenters. The van der Waals surface area contributed by atoms with E-state index in [0.717, 1.165) is 16.6 Å². The summed E-state index contributed by atoms with van der Waals surface area (Å²) < 4.78 is 29.5. The van der Waals surface area contributed by atoms with Gasteiger partial charge in [-0.15, -0.1) is 0 Å². The van der Waals surface area contributed by atoms with Crippen molar-refractivity contribution < 1.29 is 27.5 Å². The van der Waals surface area contributed by atoms with E-state index in [-0.39, 0.29) is 17.2 Å². The van der Waals surface area contributed by atoms with Crippen LogP contribution in [0.1, 0.15) is 30.1 Å². The zero-order chi connectivity index (χ0) is 16.9. The molecule has 22 heavy (non-hydrogen) atoms. The van der Waals surface area contributed by atoms with E-state index in [1.165, 1.54) is 14.1 Å². The number of carboxylic acids is 1. The minimum atomic E-state index is -3.75. The molecule has 0 bridgehead atoms. The fourth-order valence-corrected chi connectivity index (χ4v) is 2.54. The van der Waals surface area contributed by atoms with Crippen molar-refractivity contribution in [1.82, 2.24) is 9.62 Å². The van der Waals surface area contributed by atoms with Crippen LogP contribution >= 0.6 is 0 Å². The first kappa shape index (κ1) is 18.2. The fraction of sp³-hybridized carbons (Fsp3) is 0.538. The van der Waals surface area contributed by atoms with Crippen molar-refractivity contribution in [3.8, 4) is 0 Å². The lowest BCUT2D eigenvalue weighted by molar-refractivity contribution is -0.141. The Bertz CT molecular complexity index is 635. The van der Waals surface area contributed by atoms with Crippen LogP contribution in [0.25, 0.3) is 0 Å². The van der Waals surface area contributed by atoms with Gasteiger partial charge < -0.3 is 14.8 Å². The molecule has 0 aliphatic rings. The van der Waals surface area contributed by atoms with Gasteiger partial charge in [0, 0.05) is 26.7 Å². The highest BCUT2D eigenvalue weighted by Crippen LogP contribution is 2.17. The van der Waals surface area contributed by atoms with Crippen LogP contribution in [-0.2, 0) is 14.8 Å². The third-order valence-corrected chi connectivity index (χ3v) is 4.75. The van der Waals surface area contributed by atoms with E-state index >= 15 is 0 Å². The predicted octanol–water partition coefficient (Wildman–Crippen LogP) is 0.761. The molecule has 9 heteroatoms. The van der Waals surface area contributed by atoms with Crippen LogP contribution in [0.2, 0.25) is 0 Å². The summed E-state index contributed by atoms with van der Waals surface area (Å²) in [6, 6.07) is 1.11. The van der Waals surface area contributed by atoms with Crippen LogP contribution in [-0.4, -0.2) is 50.3 Å². The molecule has 1 amide bonds. The van der Waals surface area contributed by atoms with Crippen LogP contribution in [0, 0.1) is 5.92 Å². The monoisotopic (exact) mass is 332 g/mol. The molecule has 0 fully saturated rings. The first-order valence-corrected chi connectivity index (χ1v) is 8.16. The zero-order valence-corrected chi connectivity index (χ0v) is 13.5. The summed E-state index contributed by atoms with van der Waals surface area (Å²) in [7, 11) is -1.06. The normalized spacial score (nSPS) is 13.1. The lowest BCUT2D eigenvalue weighted by Crippen LogP contribution is -2.32. The van der Waals surface area contributed by atoms with E-state index in [2.05, 4.69) is 5.32 Å². The smallest absolute Gasteiger partial charge is 0.308 e. The number of sulfonamides is 1. The van der Waals surface area contributed by atoms with Gasteiger partial charge in [-0.3, -0.25) is 9.59 Å². The number of aliphatic carboxylic acids is 1. The van der Waals surface area contributed by atoms with Crippen molar-refractivity contribution in [2.75, 3.05) is 20.6 Å². The number of carbonyl (C=O) groups is 2. The Morgan fingerprint density at radius 3 is 2.55 bits per heavy atom. The maximum atomic E-state index is 11.9. The highest BCUT2D eigenvalue weighted by Gasteiger charge is 2.24. The van der Waals surface area contributed by atoms with Gasteiger partial charge in [0.2, 0.25) is 5.09 Å². The Morgan fingerprint density at radius 1 is 1.41 bits per heavy atom. The molecule has 0 spiro atoms. The summed E-state index contributed by atoms with van der Waals surface area (Å²) in [6.07, 6.45) is 2.16. The maximum absolute atomic E-state index is 11.9. The average Bonchev–Trinajstić information content (AvgIpc) is 2.93. The molecule has 1 aromatic rings. The van der Waals surface area contributed by atoms with Crippen LogP contribution in [0.3, 0.4) is 0 Å². The molecule has 0 aromatic carbocycles. The SMILES string of the molecule is CCCC(CNC(=O)c1coc(S(=O)(=O)N(C)C)c1)C(=O)O. The van der Waals surface area contributed by atoms with Crippen molar-refractivity contribution in [2.45, 2.75) is 24.9 Å². The lowest BCUT2D eigenvalue weighted by atomic mass is 10.0. The second-order valence-corrected chi connectivity index (χ2v) is 7.06. The van der Waals surface area contributed by atoms with Gasteiger partial charge in [0.25, 0.3) is 15.9 Å². The van der Waals surface area contributed by atoms with Gasteiger partial charge in [-0.25, -0.2) is 12.7 Å². The maximum Gasteiger partial charge on any atom is 0.308 e. The van der Waals surface area contributed by atoms with Crippen LogP contribution in [0.15, 0.2) is 21.8 Å². The molecular weight excluding hydrogens is 312 g/mol. The summed E-state index contributed by atoms with van der Waals surface area (Å²) in [5.74, 6) is -2.23. The molecule has 1 atom stereocenters. The topological polar surface area (TPSA) is 117 Å². The number of carboxylic acid groups (broad SMARTS) is 1. The van der Waals surface area contributed by atoms with Gasteiger partial charge in [0.15, 0.2) is 0 Å². The average molecular weight is 332 g/mol. The van der Waals surface area contributed by atoms with Crippen molar-refractivity contribution in [3.05, 3.63) is 17.9 Å². The quantitative estimate of drug-likeness (QED) is 0.726.